The van der Waals surface area contributed by atoms with Crippen LogP contribution in [0, 0.1) is 0 Å². The van der Waals surface area contributed by atoms with Gasteiger partial charge in [-0.25, -0.2) is 0 Å². The monoisotopic (exact) mass is 654 g/mol. The van der Waals surface area contributed by atoms with Crippen LogP contribution in [0.3, 0.4) is 0 Å². The molecule has 1 N–H and O–H groups in total. The van der Waals surface area contributed by atoms with E-state index in [1.165, 1.54) is 0 Å². The van der Waals surface area contributed by atoms with Crippen LogP contribution in [0.15, 0.2) is 45.0 Å². The fraction of sp³-hybridized carbons (Fsp3) is 0. The molecule has 0 saturated carbocycles. The number of phenolic OH excluding ortho intramolecular Hbond substituents is 1. The summed E-state index contributed by atoms with van der Waals surface area (Å²) in [7, 11) is 0. The molecule has 0 unspecified atom stereocenters. The van der Waals surface area contributed by atoms with Crippen LogP contribution in [0.4, 0.5) is 0 Å². The largest absolute Gasteiger partial charge is 0.504 e. The fourth-order valence-corrected chi connectivity index (χ4v) is 4.22. The summed E-state index contributed by atoms with van der Waals surface area (Å²) in [4.78, 5) is 0. The number of hydrogen-bond acceptors (Lipinski definition) is 2. The summed E-state index contributed by atoms with van der Waals surface area (Å²) in [5.74, 6) is 0.945. The zero-order chi connectivity index (χ0) is 15.0. The van der Waals surface area contributed by atoms with Crippen molar-refractivity contribution in [1.29, 1.82) is 0 Å². The number of aromatic hydroxyl groups is 1. The van der Waals surface area contributed by atoms with E-state index < -0.39 is 0 Å². The van der Waals surface area contributed by atoms with Crippen molar-refractivity contribution in [2.45, 2.75) is 0 Å². The molecule has 2 nitrogen and oxygen atoms in total. The highest BCUT2D eigenvalue weighted by atomic mass is 79.9. The molecule has 0 heterocycles. The molecule has 0 aromatic heterocycles. The van der Waals surface area contributed by atoms with Crippen LogP contribution in [0.1, 0.15) is 0 Å². The van der Waals surface area contributed by atoms with Gasteiger partial charge in [-0.2, -0.15) is 0 Å². The fourth-order valence-electron chi connectivity index (χ4n) is 1.37. The van der Waals surface area contributed by atoms with E-state index in [0.717, 1.165) is 22.4 Å². The topological polar surface area (TPSA) is 29.5 Å². The van der Waals surface area contributed by atoms with Gasteiger partial charge in [0.25, 0.3) is 0 Å². The molecule has 0 atom stereocenters. The third-order valence-corrected chi connectivity index (χ3v) is 8.71. The highest BCUT2D eigenvalue weighted by Gasteiger charge is 2.16. The van der Waals surface area contributed by atoms with E-state index in [1.807, 2.05) is 0 Å². The lowest BCUT2D eigenvalue weighted by Crippen LogP contribution is -1.89. The van der Waals surface area contributed by atoms with Gasteiger partial charge in [0.2, 0.25) is 0 Å². The van der Waals surface area contributed by atoms with E-state index >= 15 is 0 Å². The molecule has 20 heavy (non-hydrogen) atoms. The highest BCUT2D eigenvalue weighted by molar-refractivity contribution is 9.15. The smallest absolute Gasteiger partial charge is 0.184 e. The molecule has 0 spiro atoms. The summed E-state index contributed by atoms with van der Waals surface area (Å²) >= 11 is 20.4. The van der Waals surface area contributed by atoms with E-state index in [0.29, 0.717) is 16.0 Å². The number of ether oxygens (including phenoxy) is 1. The van der Waals surface area contributed by atoms with Gasteiger partial charge in [0.1, 0.15) is 5.75 Å². The Kier molecular flexibility index (Phi) is 6.05. The maximum absolute atomic E-state index is 10.0. The van der Waals surface area contributed by atoms with Crippen molar-refractivity contribution in [2.75, 3.05) is 0 Å². The van der Waals surface area contributed by atoms with E-state index in [1.54, 1.807) is 18.2 Å². The third kappa shape index (κ3) is 3.63. The highest BCUT2D eigenvalue weighted by Crippen LogP contribution is 2.46. The number of benzene rings is 2. The van der Waals surface area contributed by atoms with Gasteiger partial charge in [-0.3, -0.25) is 0 Å². The van der Waals surface area contributed by atoms with Crippen LogP contribution in [-0.2, 0) is 0 Å². The minimum atomic E-state index is 0.0297. The summed E-state index contributed by atoms with van der Waals surface area (Å²) in [6, 6.07) is 5.17. The lowest BCUT2D eigenvalue weighted by Gasteiger charge is -2.13. The molecule has 0 radical (unpaired) electrons. The third-order valence-electron chi connectivity index (χ3n) is 2.28. The second-order valence-electron chi connectivity index (χ2n) is 3.64. The molecular formula is C12H4Br6O2. The van der Waals surface area contributed by atoms with Gasteiger partial charge in [-0.05, 0) is 114 Å². The Morgan fingerprint density at radius 2 is 1.20 bits per heavy atom. The predicted octanol–water partition coefficient (Wildman–Crippen LogP) is 7.76. The summed E-state index contributed by atoms with van der Waals surface area (Å²) in [5, 5.41) is 10.0. The lowest BCUT2D eigenvalue weighted by molar-refractivity contribution is 0.408. The van der Waals surface area contributed by atoms with Crippen molar-refractivity contribution in [1.82, 2.24) is 0 Å². The first-order chi connectivity index (χ1) is 9.31. The number of phenols is 1. The SMILES string of the molecule is Oc1cc(Br)c(Br)c(Br)c1Oc1cc(Br)c(Br)c(Br)c1. The maximum Gasteiger partial charge on any atom is 0.184 e. The summed E-state index contributed by atoms with van der Waals surface area (Å²) in [5.41, 5.74) is 0. The molecule has 0 amide bonds. The first-order valence-electron chi connectivity index (χ1n) is 5.00. The standard InChI is InChI=1S/C12H4Br6O2/c13-5-1-4(2-6(14)9(5)16)20-12-8(19)3-7(15)10(17)11(12)18/h1-3,19H. The van der Waals surface area contributed by atoms with E-state index in [9.17, 15) is 5.11 Å². The minimum absolute atomic E-state index is 0.0297. The maximum atomic E-state index is 10.0. The summed E-state index contributed by atoms with van der Waals surface area (Å²) in [6.45, 7) is 0. The number of halogens is 6. The molecular weight excluding hydrogens is 656 g/mol. The molecule has 106 valence electrons. The zero-order valence-electron chi connectivity index (χ0n) is 9.36. The lowest BCUT2D eigenvalue weighted by atomic mass is 10.3. The molecule has 2 rings (SSSR count). The van der Waals surface area contributed by atoms with Crippen molar-refractivity contribution < 1.29 is 9.84 Å². The van der Waals surface area contributed by atoms with Crippen LogP contribution < -0.4 is 4.74 Å². The van der Waals surface area contributed by atoms with Crippen LogP contribution in [0.2, 0.25) is 0 Å². The molecule has 0 fully saturated rings. The Hall–Kier alpha value is 0.920. The summed E-state index contributed by atoms with van der Waals surface area (Å²) < 4.78 is 10.5. The van der Waals surface area contributed by atoms with Crippen LogP contribution in [0.25, 0.3) is 0 Å². The molecule has 8 heteroatoms. The molecule has 0 bridgehead atoms. The molecule has 0 saturated heterocycles. The second-order valence-corrected chi connectivity index (χ2v) is 8.58. The average Bonchev–Trinajstić information content (AvgIpc) is 2.38. The van der Waals surface area contributed by atoms with Crippen molar-refractivity contribution in [3.05, 3.63) is 45.0 Å². The van der Waals surface area contributed by atoms with Crippen molar-refractivity contribution in [2.24, 2.45) is 0 Å². The van der Waals surface area contributed by atoms with Crippen molar-refractivity contribution in [3.63, 3.8) is 0 Å². The van der Waals surface area contributed by atoms with Gasteiger partial charge in [0.15, 0.2) is 11.5 Å². The van der Waals surface area contributed by atoms with Gasteiger partial charge in [-0.1, -0.05) is 0 Å². The molecule has 2 aromatic carbocycles. The van der Waals surface area contributed by atoms with Crippen LogP contribution >= 0.6 is 95.6 Å². The Bertz CT molecular complexity index is 663. The number of rotatable bonds is 2. The van der Waals surface area contributed by atoms with Crippen LogP contribution in [0.5, 0.6) is 17.2 Å². The van der Waals surface area contributed by atoms with Gasteiger partial charge in [0.05, 0.1) is 4.47 Å². The van der Waals surface area contributed by atoms with Crippen molar-refractivity contribution in [3.8, 4) is 17.2 Å². The predicted molar refractivity (Wildman–Crippen MR) is 101 cm³/mol. The normalized spacial score (nSPS) is 10.7. The second kappa shape index (κ2) is 7.00. The molecule has 0 aliphatic rings. The van der Waals surface area contributed by atoms with Gasteiger partial charge in [0, 0.05) is 22.4 Å². The van der Waals surface area contributed by atoms with E-state index in [4.69, 9.17) is 4.74 Å². The average molecular weight is 660 g/mol. The quantitative estimate of drug-likeness (QED) is 0.334. The first-order valence-corrected chi connectivity index (χ1v) is 9.76. The Morgan fingerprint density at radius 1 is 0.700 bits per heavy atom. The van der Waals surface area contributed by atoms with E-state index in [2.05, 4.69) is 95.6 Å². The Morgan fingerprint density at radius 3 is 1.75 bits per heavy atom. The summed E-state index contributed by atoms with van der Waals surface area (Å²) in [6.07, 6.45) is 0. The van der Waals surface area contributed by atoms with E-state index in [-0.39, 0.29) is 5.75 Å². The van der Waals surface area contributed by atoms with Gasteiger partial charge < -0.3 is 9.84 Å². The molecule has 0 aliphatic heterocycles. The van der Waals surface area contributed by atoms with Crippen molar-refractivity contribution >= 4 is 95.6 Å². The first kappa shape index (κ1) is 17.3. The molecule has 2 aromatic rings. The number of hydrogen-bond donors (Lipinski definition) is 1. The van der Waals surface area contributed by atoms with Gasteiger partial charge >= 0.3 is 0 Å². The zero-order valence-corrected chi connectivity index (χ0v) is 18.9. The Labute approximate surface area is 166 Å². The molecule has 0 aliphatic carbocycles. The van der Waals surface area contributed by atoms with Crippen LogP contribution in [-0.4, -0.2) is 5.11 Å². The minimum Gasteiger partial charge on any atom is -0.504 e. The Balaban J connectivity index is 2.48. The van der Waals surface area contributed by atoms with Gasteiger partial charge in [-0.15, -0.1) is 0 Å².